The van der Waals surface area contributed by atoms with Crippen LogP contribution in [0.4, 0.5) is 0 Å². The zero-order chi connectivity index (χ0) is 30.6. The van der Waals surface area contributed by atoms with Gasteiger partial charge in [-0.2, -0.15) is 0 Å². The van der Waals surface area contributed by atoms with Crippen LogP contribution in [-0.2, 0) is 0 Å². The normalized spacial score (nSPS) is 9.95. The first-order valence-electron chi connectivity index (χ1n) is 19.7. The Morgan fingerprint density at radius 1 is 0.146 bits per heavy atom. The van der Waals surface area contributed by atoms with Crippen LogP contribution in [0.2, 0.25) is 0 Å². The summed E-state index contributed by atoms with van der Waals surface area (Å²) in [6.07, 6.45) is 45.8. The Morgan fingerprint density at radius 2 is 0.220 bits per heavy atom. The molecule has 256 valence electrons. The van der Waals surface area contributed by atoms with Crippen molar-refractivity contribution in [1.29, 1.82) is 0 Å². The fraction of sp³-hybridized carbons (Fsp3) is 1.00. The molecule has 0 aliphatic carbocycles. The van der Waals surface area contributed by atoms with Gasteiger partial charge in [0.25, 0.3) is 0 Å². The smallest absolute Gasteiger partial charge is 0.0533 e. The van der Waals surface area contributed by atoms with E-state index >= 15 is 0 Å². The Balaban J connectivity index is -0.000000139. The lowest BCUT2D eigenvalue weighted by atomic mass is 10.1. The lowest BCUT2D eigenvalue weighted by Crippen LogP contribution is -1.77. The number of rotatable bonds is 28. The summed E-state index contributed by atoms with van der Waals surface area (Å²) in [7, 11) is 0. The van der Waals surface area contributed by atoms with Crippen molar-refractivity contribution in [2.75, 3.05) is 0 Å². The van der Waals surface area contributed by atoms with E-state index in [2.05, 4.69) is 55.4 Å². The van der Waals surface area contributed by atoms with Gasteiger partial charge in [0.05, 0.1) is 0 Å². The molecule has 1 nitrogen and oxygen atoms in total. The van der Waals surface area contributed by atoms with E-state index < -0.39 is 0 Å². The minimum Gasteiger partial charge on any atom is -0.412 e. The Morgan fingerprint density at radius 3 is 0.293 bits per heavy atom. The lowest BCUT2D eigenvalue weighted by Gasteiger charge is -1.97. The molecule has 0 spiro atoms. The SMILES string of the molecule is CCCCCCCCCC.CCCCCCCCCC.CCCCCCCCCC.CCCCCCCCCC.O. The lowest BCUT2D eigenvalue weighted by molar-refractivity contribution is 0.585. The molecule has 0 aromatic carbocycles. The Kier molecular flexibility index (Phi) is 73.3. The van der Waals surface area contributed by atoms with Gasteiger partial charge in [-0.1, -0.05) is 261 Å². The highest BCUT2D eigenvalue weighted by molar-refractivity contribution is 4.45. The summed E-state index contributed by atoms with van der Waals surface area (Å²) in [5.74, 6) is 0. The van der Waals surface area contributed by atoms with Gasteiger partial charge >= 0.3 is 0 Å². The fourth-order valence-electron chi connectivity index (χ4n) is 4.83. The highest BCUT2D eigenvalue weighted by atomic mass is 16.0. The zero-order valence-corrected chi connectivity index (χ0v) is 31.1. The third kappa shape index (κ3) is 73.7. The van der Waals surface area contributed by atoms with E-state index in [-0.39, 0.29) is 5.48 Å². The molecule has 0 atom stereocenters. The molecule has 0 aliphatic rings. The average molecular weight is 587 g/mol. The monoisotopic (exact) mass is 587 g/mol. The molecule has 0 saturated heterocycles. The maximum atomic E-state index is 2.27. The summed E-state index contributed by atoms with van der Waals surface area (Å²) in [5.41, 5.74) is 0. The van der Waals surface area contributed by atoms with E-state index in [9.17, 15) is 0 Å². The second-order valence-corrected chi connectivity index (χ2v) is 12.5. The minimum absolute atomic E-state index is 0. The Labute approximate surface area is 265 Å². The van der Waals surface area contributed by atoms with Gasteiger partial charge in [0, 0.05) is 0 Å². The van der Waals surface area contributed by atoms with Crippen molar-refractivity contribution in [3.8, 4) is 0 Å². The molecule has 2 N–H and O–H groups in total. The Bertz CT molecular complexity index is 231. The quantitative estimate of drug-likeness (QED) is 0.0816. The van der Waals surface area contributed by atoms with Crippen molar-refractivity contribution in [2.24, 2.45) is 0 Å². The average Bonchev–Trinajstić information content (AvgIpc) is 2.97. The summed E-state index contributed by atoms with van der Waals surface area (Å²) >= 11 is 0. The number of hydrogen-bond acceptors (Lipinski definition) is 0. The molecule has 0 unspecified atom stereocenters. The summed E-state index contributed by atoms with van der Waals surface area (Å²) < 4.78 is 0. The van der Waals surface area contributed by atoms with E-state index in [1.807, 2.05) is 0 Å². The molecule has 0 saturated carbocycles. The summed E-state index contributed by atoms with van der Waals surface area (Å²) in [6.45, 7) is 18.2. The van der Waals surface area contributed by atoms with Crippen molar-refractivity contribution < 1.29 is 5.48 Å². The number of hydrogen-bond donors (Lipinski definition) is 0. The van der Waals surface area contributed by atoms with Gasteiger partial charge in [0.15, 0.2) is 0 Å². The van der Waals surface area contributed by atoms with Crippen molar-refractivity contribution >= 4 is 0 Å². The first-order chi connectivity index (χ1) is 19.7. The molecule has 0 bridgehead atoms. The van der Waals surface area contributed by atoms with Crippen LogP contribution in [0.5, 0.6) is 0 Å². The topological polar surface area (TPSA) is 31.5 Å². The second-order valence-electron chi connectivity index (χ2n) is 12.5. The summed E-state index contributed by atoms with van der Waals surface area (Å²) in [6, 6.07) is 0. The van der Waals surface area contributed by atoms with Gasteiger partial charge in [-0.25, -0.2) is 0 Å². The van der Waals surface area contributed by atoms with Crippen LogP contribution in [0, 0.1) is 0 Å². The highest BCUT2D eigenvalue weighted by Gasteiger charge is 1.90. The van der Waals surface area contributed by atoms with Crippen molar-refractivity contribution in [1.82, 2.24) is 0 Å². The van der Waals surface area contributed by atoms with Gasteiger partial charge < -0.3 is 5.48 Å². The van der Waals surface area contributed by atoms with Crippen LogP contribution in [0.1, 0.15) is 261 Å². The first kappa shape index (κ1) is 50.6. The highest BCUT2D eigenvalue weighted by Crippen LogP contribution is 2.10. The van der Waals surface area contributed by atoms with Gasteiger partial charge in [-0.15, -0.1) is 0 Å². The van der Waals surface area contributed by atoms with Crippen molar-refractivity contribution in [3.63, 3.8) is 0 Å². The van der Waals surface area contributed by atoms with E-state index in [1.165, 1.54) is 205 Å². The largest absolute Gasteiger partial charge is 0.412 e. The third-order valence-corrected chi connectivity index (χ3v) is 7.83. The molecule has 0 aliphatic heterocycles. The zero-order valence-electron chi connectivity index (χ0n) is 31.1. The standard InChI is InChI=1S/4C10H22.H2O/c4*1-3-5-7-9-10-8-6-4-2;/h4*3-10H2,1-2H3;1H2. The van der Waals surface area contributed by atoms with Crippen LogP contribution in [-0.4, -0.2) is 5.48 Å². The summed E-state index contributed by atoms with van der Waals surface area (Å²) in [4.78, 5) is 0. The predicted octanol–water partition coefficient (Wildman–Crippen LogP) is 15.8. The van der Waals surface area contributed by atoms with E-state index in [1.54, 1.807) is 0 Å². The maximum Gasteiger partial charge on any atom is -0.0533 e. The van der Waals surface area contributed by atoms with Crippen LogP contribution in [0.25, 0.3) is 0 Å². The van der Waals surface area contributed by atoms with Gasteiger partial charge in [-0.3, -0.25) is 0 Å². The van der Waals surface area contributed by atoms with Gasteiger partial charge in [0.2, 0.25) is 0 Å². The van der Waals surface area contributed by atoms with Gasteiger partial charge in [-0.05, 0) is 0 Å². The maximum absolute atomic E-state index is 2.27. The molecule has 0 rings (SSSR count). The number of unbranched alkanes of at least 4 members (excludes halogenated alkanes) is 28. The first-order valence-corrected chi connectivity index (χ1v) is 19.7. The fourth-order valence-corrected chi connectivity index (χ4v) is 4.83. The molecule has 0 heterocycles. The molecule has 1 heteroatoms. The molecule has 0 amide bonds. The van der Waals surface area contributed by atoms with Crippen molar-refractivity contribution in [2.45, 2.75) is 261 Å². The van der Waals surface area contributed by atoms with Crippen LogP contribution in [0.15, 0.2) is 0 Å². The molecule has 0 aromatic rings. The van der Waals surface area contributed by atoms with Crippen LogP contribution >= 0.6 is 0 Å². The van der Waals surface area contributed by atoms with Gasteiger partial charge in [0.1, 0.15) is 0 Å². The second kappa shape index (κ2) is 59.4. The predicted molar refractivity (Wildman–Crippen MR) is 197 cm³/mol. The molecule has 0 aromatic heterocycles. The van der Waals surface area contributed by atoms with Crippen LogP contribution in [0.3, 0.4) is 0 Å². The van der Waals surface area contributed by atoms with E-state index in [4.69, 9.17) is 0 Å². The van der Waals surface area contributed by atoms with E-state index in [0.717, 1.165) is 0 Å². The van der Waals surface area contributed by atoms with E-state index in [0.29, 0.717) is 0 Å². The molecular weight excluding hydrogens is 496 g/mol. The molecule has 41 heavy (non-hydrogen) atoms. The third-order valence-electron chi connectivity index (χ3n) is 7.83. The Hall–Kier alpha value is -0.0400. The molecule has 0 fully saturated rings. The molecule has 0 radical (unpaired) electrons. The van der Waals surface area contributed by atoms with Crippen molar-refractivity contribution in [3.05, 3.63) is 0 Å². The van der Waals surface area contributed by atoms with Crippen LogP contribution < -0.4 is 0 Å². The minimum atomic E-state index is 0. The summed E-state index contributed by atoms with van der Waals surface area (Å²) in [5, 5.41) is 0. The molecular formula is C40H90O.